The molecule has 2 aliphatic rings. The molecule has 204 valence electrons. The molecule has 5 rings (SSSR count). The first-order valence-corrected chi connectivity index (χ1v) is 13.4. The first-order chi connectivity index (χ1) is 19.0. The lowest BCUT2D eigenvalue weighted by Gasteiger charge is -2.33. The van der Waals surface area contributed by atoms with Gasteiger partial charge in [-0.1, -0.05) is 56.2 Å². The Balaban J connectivity index is 1.56. The van der Waals surface area contributed by atoms with Crippen LogP contribution < -0.4 is 19.5 Å². The van der Waals surface area contributed by atoms with Crippen LogP contribution in [0.3, 0.4) is 0 Å². The van der Waals surface area contributed by atoms with Crippen LogP contribution in [0.25, 0.3) is 0 Å². The molecular formula is C31H34N2O6. The van der Waals surface area contributed by atoms with Crippen molar-refractivity contribution in [1.82, 2.24) is 4.90 Å². The van der Waals surface area contributed by atoms with Crippen molar-refractivity contribution in [2.24, 2.45) is 5.92 Å². The van der Waals surface area contributed by atoms with Crippen LogP contribution >= 0.6 is 0 Å². The Hall–Kier alpha value is -4.04. The number of hydrogen-bond acceptors (Lipinski definition) is 6. The monoisotopic (exact) mass is 530 g/mol. The maximum absolute atomic E-state index is 13.8. The number of fused-ring (bicyclic) bond motifs is 1. The molecule has 1 fully saturated rings. The third-order valence-electron chi connectivity index (χ3n) is 7.68. The molecule has 1 amide bonds. The minimum Gasteiger partial charge on any atom is -0.497 e. The summed E-state index contributed by atoms with van der Waals surface area (Å²) < 4.78 is 16.4. The number of unbranched alkanes of at least 4 members (excludes halogenated alkanes) is 1. The Morgan fingerprint density at radius 1 is 1.03 bits per heavy atom. The fraction of sp³-hybridized carbons (Fsp3) is 0.355. The molecule has 1 saturated heterocycles. The van der Waals surface area contributed by atoms with Gasteiger partial charge in [-0.3, -0.25) is 14.5 Å². The Labute approximate surface area is 228 Å². The highest BCUT2D eigenvalue weighted by Gasteiger charge is 2.50. The zero-order valence-electron chi connectivity index (χ0n) is 22.2. The summed E-state index contributed by atoms with van der Waals surface area (Å²) in [6.07, 6.45) is 2.37. The van der Waals surface area contributed by atoms with E-state index in [0.717, 1.165) is 24.0 Å². The quantitative estimate of drug-likeness (QED) is 0.359. The first-order valence-electron chi connectivity index (χ1n) is 13.4. The molecule has 4 unspecified atom stereocenters. The number of para-hydroxylation sites is 1. The summed E-state index contributed by atoms with van der Waals surface area (Å²) in [6, 6.07) is 21.4. The zero-order valence-corrected chi connectivity index (χ0v) is 22.2. The van der Waals surface area contributed by atoms with E-state index in [1.54, 1.807) is 7.11 Å². The molecule has 2 aliphatic heterocycles. The molecular weight excluding hydrogens is 496 g/mol. The lowest BCUT2D eigenvalue weighted by Crippen LogP contribution is -2.45. The van der Waals surface area contributed by atoms with Gasteiger partial charge in [0.2, 0.25) is 12.7 Å². The number of carboxylic acids is 1. The van der Waals surface area contributed by atoms with Crippen LogP contribution in [-0.4, -0.2) is 48.4 Å². The Morgan fingerprint density at radius 2 is 1.74 bits per heavy atom. The number of anilines is 1. The highest BCUT2D eigenvalue weighted by Crippen LogP contribution is 2.49. The molecule has 0 saturated carbocycles. The van der Waals surface area contributed by atoms with Crippen molar-refractivity contribution in [2.75, 3.05) is 25.8 Å². The van der Waals surface area contributed by atoms with Gasteiger partial charge in [-0.15, -0.1) is 0 Å². The van der Waals surface area contributed by atoms with Crippen LogP contribution in [0, 0.1) is 5.92 Å². The molecule has 0 aliphatic carbocycles. The van der Waals surface area contributed by atoms with E-state index in [1.165, 1.54) is 0 Å². The number of carboxylic acid groups (broad SMARTS) is 1. The van der Waals surface area contributed by atoms with Crippen molar-refractivity contribution < 1.29 is 28.9 Å². The lowest BCUT2D eigenvalue weighted by molar-refractivity contribution is -0.143. The van der Waals surface area contributed by atoms with Crippen molar-refractivity contribution in [3.05, 3.63) is 83.9 Å². The second-order valence-electron chi connectivity index (χ2n) is 10.0. The summed E-state index contributed by atoms with van der Waals surface area (Å²) in [7, 11) is 1.60. The van der Waals surface area contributed by atoms with Gasteiger partial charge in [-0.05, 0) is 53.9 Å². The maximum Gasteiger partial charge on any atom is 0.309 e. The molecule has 0 radical (unpaired) electrons. The van der Waals surface area contributed by atoms with E-state index >= 15 is 0 Å². The number of aliphatic carboxylic acids is 1. The molecule has 2 heterocycles. The van der Waals surface area contributed by atoms with Crippen molar-refractivity contribution >= 4 is 17.6 Å². The lowest BCUT2D eigenvalue weighted by atomic mass is 9.82. The highest BCUT2D eigenvalue weighted by molar-refractivity contribution is 5.95. The van der Waals surface area contributed by atoms with Crippen molar-refractivity contribution in [2.45, 2.75) is 44.2 Å². The smallest absolute Gasteiger partial charge is 0.309 e. The average molecular weight is 531 g/mol. The summed E-state index contributed by atoms with van der Waals surface area (Å²) in [5, 5.41) is 13.7. The maximum atomic E-state index is 13.8. The molecule has 0 spiro atoms. The van der Waals surface area contributed by atoms with Gasteiger partial charge in [0.15, 0.2) is 11.5 Å². The second-order valence-corrected chi connectivity index (χ2v) is 10.0. The van der Waals surface area contributed by atoms with E-state index in [9.17, 15) is 14.7 Å². The number of ether oxygens (including phenoxy) is 3. The van der Waals surface area contributed by atoms with E-state index in [2.05, 4.69) is 17.1 Å². The number of amides is 1. The Kier molecular flexibility index (Phi) is 8.02. The molecule has 8 heteroatoms. The van der Waals surface area contributed by atoms with Crippen molar-refractivity contribution in [3.8, 4) is 17.2 Å². The number of methoxy groups -OCH3 is 1. The summed E-state index contributed by atoms with van der Waals surface area (Å²) in [6.45, 7) is 2.64. The predicted octanol–water partition coefficient (Wildman–Crippen LogP) is 5.46. The number of likely N-dealkylation sites (tertiary alicyclic amines) is 1. The van der Waals surface area contributed by atoms with E-state index in [-0.39, 0.29) is 18.6 Å². The number of carbonyl (C=O) groups is 2. The number of nitrogens with one attached hydrogen (secondary N) is 1. The molecule has 2 N–H and O–H groups in total. The van der Waals surface area contributed by atoms with Crippen LogP contribution in [0.1, 0.15) is 49.3 Å². The van der Waals surface area contributed by atoms with Crippen molar-refractivity contribution in [3.63, 3.8) is 0 Å². The van der Waals surface area contributed by atoms with Gasteiger partial charge in [0.25, 0.3) is 0 Å². The number of carbonyl (C=O) groups excluding carboxylic acids is 1. The average Bonchev–Trinajstić information content (AvgIpc) is 3.59. The SMILES string of the molecule is CCCCC(C(=O)Nc1ccccc1)N1CC(c2ccc3c(c2)OCO3)C(C(=O)O)C1c1ccc(OC)cc1. The standard InChI is InChI=1S/C31H34N2O6/c1-3-4-10-25(30(34)32-22-8-6-5-7-9-22)33-18-24(21-13-16-26-27(17-21)39-19-38-26)28(31(35)36)29(33)20-11-14-23(37-2)15-12-20/h5-9,11-17,24-25,28-29H,3-4,10,18-19H2,1-2H3,(H,32,34)(H,35,36). The highest BCUT2D eigenvalue weighted by atomic mass is 16.7. The summed E-state index contributed by atoms with van der Waals surface area (Å²) in [5.74, 6) is -0.241. The van der Waals surface area contributed by atoms with Crippen molar-refractivity contribution in [1.29, 1.82) is 0 Å². The molecule has 39 heavy (non-hydrogen) atoms. The fourth-order valence-corrected chi connectivity index (χ4v) is 5.76. The Bertz CT molecular complexity index is 1300. The number of nitrogens with zero attached hydrogens (tertiary/aromatic N) is 1. The van der Waals surface area contributed by atoms with E-state index in [0.29, 0.717) is 35.9 Å². The van der Waals surface area contributed by atoms with Crippen LogP contribution in [0.4, 0.5) is 5.69 Å². The summed E-state index contributed by atoms with van der Waals surface area (Å²) in [4.78, 5) is 28.8. The van der Waals surface area contributed by atoms with Crippen LogP contribution in [0.2, 0.25) is 0 Å². The van der Waals surface area contributed by atoms with E-state index < -0.39 is 24.0 Å². The molecule has 0 bridgehead atoms. The van der Waals surface area contributed by atoms with E-state index in [1.807, 2.05) is 72.8 Å². The largest absolute Gasteiger partial charge is 0.497 e. The second kappa shape index (κ2) is 11.8. The molecule has 3 aromatic rings. The van der Waals surface area contributed by atoms with Crippen LogP contribution in [0.5, 0.6) is 17.2 Å². The minimum atomic E-state index is -0.904. The van der Waals surface area contributed by atoms with Gasteiger partial charge in [0.05, 0.1) is 19.1 Å². The van der Waals surface area contributed by atoms with Gasteiger partial charge in [-0.25, -0.2) is 0 Å². The number of hydrogen-bond donors (Lipinski definition) is 2. The fourth-order valence-electron chi connectivity index (χ4n) is 5.76. The topological polar surface area (TPSA) is 97.3 Å². The normalized spacial score (nSPS) is 20.9. The van der Waals surface area contributed by atoms with Gasteiger partial charge in [0.1, 0.15) is 5.75 Å². The Morgan fingerprint density at radius 3 is 2.44 bits per heavy atom. The number of benzene rings is 3. The summed E-state index contributed by atoms with van der Waals surface area (Å²) in [5.41, 5.74) is 2.40. The van der Waals surface area contributed by atoms with Crippen LogP contribution in [-0.2, 0) is 9.59 Å². The zero-order chi connectivity index (χ0) is 27.4. The molecule has 8 nitrogen and oxygen atoms in total. The van der Waals surface area contributed by atoms with Gasteiger partial charge in [0, 0.05) is 24.2 Å². The molecule has 4 atom stereocenters. The van der Waals surface area contributed by atoms with Gasteiger partial charge in [-0.2, -0.15) is 0 Å². The van der Waals surface area contributed by atoms with Gasteiger partial charge < -0.3 is 24.6 Å². The molecule has 3 aromatic carbocycles. The third kappa shape index (κ3) is 5.56. The van der Waals surface area contributed by atoms with E-state index in [4.69, 9.17) is 14.2 Å². The van der Waals surface area contributed by atoms with Crippen LogP contribution in [0.15, 0.2) is 72.8 Å². The number of rotatable bonds is 10. The first kappa shape index (κ1) is 26.6. The predicted molar refractivity (Wildman–Crippen MR) is 147 cm³/mol. The minimum absolute atomic E-state index is 0.136. The molecule has 0 aromatic heterocycles. The van der Waals surface area contributed by atoms with Gasteiger partial charge >= 0.3 is 5.97 Å². The summed E-state index contributed by atoms with van der Waals surface area (Å²) >= 11 is 0. The third-order valence-corrected chi connectivity index (χ3v) is 7.68.